The van der Waals surface area contributed by atoms with Gasteiger partial charge in [0.05, 0.1) is 18.5 Å². The molecule has 1 aliphatic heterocycles. The Bertz CT molecular complexity index is 1500. The number of hydrogen-bond acceptors (Lipinski definition) is 8. The number of benzene rings is 2. The molecule has 0 unspecified atom stereocenters. The summed E-state index contributed by atoms with van der Waals surface area (Å²) in [5, 5.41) is 1.64. The van der Waals surface area contributed by atoms with Crippen molar-refractivity contribution < 1.29 is 19.0 Å². The first kappa shape index (κ1) is 23.7. The van der Waals surface area contributed by atoms with Crippen LogP contribution >= 0.6 is 34.7 Å². The number of esters is 1. The monoisotopic (exact) mass is 528 g/mol. The summed E-state index contributed by atoms with van der Waals surface area (Å²) in [5.41, 5.74) is 2.28. The third-order valence-corrected chi connectivity index (χ3v) is 7.96. The Kier molecular flexibility index (Phi) is 6.73. The summed E-state index contributed by atoms with van der Waals surface area (Å²) in [5.74, 6) is 1.46. The number of fused-ring (bicyclic) bond motifs is 2. The lowest BCUT2D eigenvalue weighted by Gasteiger charge is -2.13. The van der Waals surface area contributed by atoms with E-state index in [2.05, 4.69) is 0 Å². The SMILES string of the molecule is CCOC(=O)c1sc2nc(SCc3cccc(Cl)c3)n(Cc3ccc4c(c3)OCO4)c(=O)c2c1C. The number of thioether (sulfide) groups is 1. The van der Waals surface area contributed by atoms with Crippen molar-refractivity contribution in [1.29, 1.82) is 0 Å². The highest BCUT2D eigenvalue weighted by atomic mass is 35.5. The highest BCUT2D eigenvalue weighted by molar-refractivity contribution is 7.98. The van der Waals surface area contributed by atoms with E-state index < -0.39 is 5.97 Å². The van der Waals surface area contributed by atoms with E-state index in [1.165, 1.54) is 23.1 Å². The topological polar surface area (TPSA) is 79.7 Å². The van der Waals surface area contributed by atoms with Gasteiger partial charge in [0, 0.05) is 10.8 Å². The van der Waals surface area contributed by atoms with Crippen LogP contribution in [0, 0.1) is 6.92 Å². The van der Waals surface area contributed by atoms with Gasteiger partial charge in [0.1, 0.15) is 9.71 Å². The van der Waals surface area contributed by atoms with Crippen molar-refractivity contribution in [3.05, 3.63) is 79.4 Å². The van der Waals surface area contributed by atoms with Gasteiger partial charge in [-0.3, -0.25) is 9.36 Å². The highest BCUT2D eigenvalue weighted by Crippen LogP contribution is 2.34. The van der Waals surface area contributed by atoms with Crippen molar-refractivity contribution in [3.8, 4) is 11.5 Å². The minimum Gasteiger partial charge on any atom is -0.462 e. The normalized spacial score (nSPS) is 12.3. The molecule has 4 aromatic rings. The van der Waals surface area contributed by atoms with Gasteiger partial charge >= 0.3 is 5.97 Å². The van der Waals surface area contributed by atoms with Gasteiger partial charge in [-0.25, -0.2) is 9.78 Å². The van der Waals surface area contributed by atoms with Crippen molar-refractivity contribution in [2.24, 2.45) is 0 Å². The Hall–Kier alpha value is -3.01. The molecule has 0 amide bonds. The third kappa shape index (κ3) is 4.76. The summed E-state index contributed by atoms with van der Waals surface area (Å²) in [4.78, 5) is 32.0. The number of carbonyl (C=O) groups excluding carboxylic acids is 1. The average molecular weight is 529 g/mol. The number of carbonyl (C=O) groups is 1. The number of rotatable bonds is 7. The molecule has 0 N–H and O–H groups in total. The van der Waals surface area contributed by atoms with Crippen molar-refractivity contribution in [1.82, 2.24) is 9.55 Å². The minimum absolute atomic E-state index is 0.178. The summed E-state index contributed by atoms with van der Waals surface area (Å²) >= 11 is 8.78. The molecule has 0 saturated heterocycles. The van der Waals surface area contributed by atoms with Gasteiger partial charge in [0.25, 0.3) is 5.56 Å². The fraction of sp³-hybridized carbons (Fsp3) is 0.240. The Labute approximate surface area is 214 Å². The van der Waals surface area contributed by atoms with Crippen molar-refractivity contribution >= 4 is 50.9 Å². The summed E-state index contributed by atoms with van der Waals surface area (Å²) < 4.78 is 17.7. The molecular formula is C25H21ClN2O5S2. The molecule has 1 aliphatic rings. The molecule has 180 valence electrons. The van der Waals surface area contributed by atoms with E-state index in [9.17, 15) is 9.59 Å². The first-order chi connectivity index (χ1) is 16.9. The second-order valence-corrected chi connectivity index (χ2v) is 10.2. The molecular weight excluding hydrogens is 508 g/mol. The maximum absolute atomic E-state index is 13.8. The second kappa shape index (κ2) is 9.93. The quantitative estimate of drug-likeness (QED) is 0.174. The lowest BCUT2D eigenvalue weighted by atomic mass is 10.2. The van der Waals surface area contributed by atoms with Crippen molar-refractivity contribution in [3.63, 3.8) is 0 Å². The standard InChI is InChI=1S/C25H21ClN2O5S2/c1-3-31-24(30)21-14(2)20-22(35-21)27-25(34-12-16-5-4-6-17(26)9-16)28(23(20)29)11-15-7-8-18-19(10-15)33-13-32-18/h4-10H,3,11-13H2,1-2H3. The molecule has 5 rings (SSSR count). The van der Waals surface area contributed by atoms with Crippen LogP contribution in [0.5, 0.6) is 11.5 Å². The molecule has 7 nitrogen and oxygen atoms in total. The van der Waals surface area contributed by atoms with E-state index in [1.807, 2.05) is 42.5 Å². The number of aromatic nitrogens is 2. The predicted molar refractivity (Wildman–Crippen MR) is 137 cm³/mol. The molecule has 0 spiro atoms. The Morgan fingerprint density at radius 3 is 2.83 bits per heavy atom. The number of ether oxygens (including phenoxy) is 3. The summed E-state index contributed by atoms with van der Waals surface area (Å²) in [7, 11) is 0. The Morgan fingerprint density at radius 2 is 2.03 bits per heavy atom. The van der Waals surface area contributed by atoms with E-state index in [4.69, 9.17) is 30.8 Å². The molecule has 3 heterocycles. The van der Waals surface area contributed by atoms with E-state index in [0.29, 0.717) is 54.6 Å². The number of nitrogens with zero attached hydrogens (tertiary/aromatic N) is 2. The predicted octanol–water partition coefficient (Wildman–Crippen LogP) is 5.67. The molecule has 0 saturated carbocycles. The second-order valence-electron chi connectivity index (χ2n) is 7.85. The van der Waals surface area contributed by atoms with Crippen molar-refractivity contribution in [2.75, 3.05) is 13.4 Å². The van der Waals surface area contributed by atoms with Gasteiger partial charge in [-0.1, -0.05) is 41.6 Å². The smallest absolute Gasteiger partial charge is 0.348 e. The fourth-order valence-corrected chi connectivity index (χ4v) is 6.11. The zero-order valence-corrected chi connectivity index (χ0v) is 21.4. The largest absolute Gasteiger partial charge is 0.462 e. The maximum atomic E-state index is 13.8. The van der Waals surface area contributed by atoms with E-state index in [1.54, 1.807) is 18.4 Å². The zero-order chi connectivity index (χ0) is 24.5. The van der Waals surface area contributed by atoms with Crippen molar-refractivity contribution in [2.45, 2.75) is 31.3 Å². The van der Waals surface area contributed by atoms with Gasteiger partial charge < -0.3 is 14.2 Å². The van der Waals surface area contributed by atoms with Crippen LogP contribution in [0.1, 0.15) is 33.3 Å². The summed E-state index contributed by atoms with van der Waals surface area (Å²) in [6.45, 7) is 4.24. The number of hydrogen-bond donors (Lipinski definition) is 0. The van der Waals surface area contributed by atoms with Gasteiger partial charge in [-0.05, 0) is 54.8 Å². The van der Waals surface area contributed by atoms with Crippen LogP contribution < -0.4 is 15.0 Å². The Balaban J connectivity index is 1.59. The zero-order valence-electron chi connectivity index (χ0n) is 19.0. The molecule has 35 heavy (non-hydrogen) atoms. The number of aryl methyl sites for hydroxylation is 1. The fourth-order valence-electron chi connectivity index (χ4n) is 3.84. The number of thiophene rings is 1. The van der Waals surface area contributed by atoms with Gasteiger partial charge in [-0.2, -0.15) is 0 Å². The van der Waals surface area contributed by atoms with Gasteiger partial charge in [0.2, 0.25) is 6.79 Å². The molecule has 0 atom stereocenters. The first-order valence-electron chi connectivity index (χ1n) is 10.9. The van der Waals surface area contributed by atoms with E-state index in [-0.39, 0.29) is 19.0 Å². The van der Waals surface area contributed by atoms with Crippen LogP contribution in [0.2, 0.25) is 5.02 Å². The van der Waals surface area contributed by atoms with E-state index >= 15 is 0 Å². The molecule has 0 aliphatic carbocycles. The van der Waals surface area contributed by atoms with Gasteiger partial charge in [-0.15, -0.1) is 11.3 Å². The first-order valence-corrected chi connectivity index (χ1v) is 13.1. The summed E-state index contributed by atoms with van der Waals surface area (Å²) in [6.07, 6.45) is 0. The lowest BCUT2D eigenvalue weighted by Crippen LogP contribution is -2.24. The van der Waals surface area contributed by atoms with Crippen LogP contribution in [0.3, 0.4) is 0 Å². The third-order valence-electron chi connectivity index (χ3n) is 5.51. The average Bonchev–Trinajstić information content (AvgIpc) is 3.44. The maximum Gasteiger partial charge on any atom is 0.348 e. The lowest BCUT2D eigenvalue weighted by molar-refractivity contribution is 0.0531. The van der Waals surface area contributed by atoms with Crippen LogP contribution in [-0.4, -0.2) is 28.9 Å². The molecule has 2 aromatic heterocycles. The minimum atomic E-state index is -0.442. The van der Waals surface area contributed by atoms with Crippen LogP contribution in [0.25, 0.3) is 10.2 Å². The summed E-state index contributed by atoms with van der Waals surface area (Å²) in [6, 6.07) is 13.2. The Morgan fingerprint density at radius 1 is 1.20 bits per heavy atom. The van der Waals surface area contributed by atoms with Crippen LogP contribution in [0.15, 0.2) is 52.4 Å². The highest BCUT2D eigenvalue weighted by Gasteiger charge is 2.23. The number of halogens is 1. The van der Waals surface area contributed by atoms with Crippen LogP contribution in [0.4, 0.5) is 0 Å². The molecule has 10 heteroatoms. The molecule has 0 radical (unpaired) electrons. The molecule has 0 bridgehead atoms. The van der Waals surface area contributed by atoms with Crippen LogP contribution in [-0.2, 0) is 17.0 Å². The molecule has 0 fully saturated rings. The van der Waals surface area contributed by atoms with Gasteiger partial charge in [0.15, 0.2) is 16.7 Å². The molecule has 2 aromatic carbocycles. The van der Waals surface area contributed by atoms with E-state index in [0.717, 1.165) is 11.1 Å².